The number of rotatable bonds is 6. The summed E-state index contributed by atoms with van der Waals surface area (Å²) in [4.78, 5) is 0. The molecule has 45 heavy (non-hydrogen) atoms. The molecule has 0 aromatic heterocycles. The molecule has 5 nitrogen and oxygen atoms in total. The summed E-state index contributed by atoms with van der Waals surface area (Å²) in [5, 5.41) is 0. The highest BCUT2D eigenvalue weighted by Gasteiger charge is 2.59. The van der Waals surface area contributed by atoms with Crippen LogP contribution in [0.15, 0.2) is 60.2 Å². The number of hydrogen-bond acceptors (Lipinski definition) is 5. The predicted molar refractivity (Wildman–Crippen MR) is 193 cm³/mol. The summed E-state index contributed by atoms with van der Waals surface area (Å²) in [5.41, 5.74) is 29.4. The smallest absolute Gasteiger partial charge is 0.142 e. The summed E-state index contributed by atoms with van der Waals surface area (Å²) in [7, 11) is 0. The second-order valence-electron chi connectivity index (χ2n) is 15.8. The molecule has 0 spiro atoms. The first-order chi connectivity index (χ1) is 21.3. The summed E-state index contributed by atoms with van der Waals surface area (Å²) >= 11 is 0. The number of nitrogens with two attached hydrogens (primary N) is 4. The molecule has 0 radical (unpaired) electrons. The van der Waals surface area contributed by atoms with Crippen LogP contribution in [0.4, 0.5) is 22.7 Å². The monoisotopic (exact) mass is 612 g/mol. The highest BCUT2D eigenvalue weighted by atomic mass is 16.5. The number of nitrogen functional groups attached to an aromatic ring is 4. The van der Waals surface area contributed by atoms with Crippen LogP contribution in [0.3, 0.4) is 0 Å². The van der Waals surface area contributed by atoms with Gasteiger partial charge in [-0.25, -0.2) is 0 Å². The lowest BCUT2D eigenvalue weighted by Crippen LogP contribution is -2.52. The third kappa shape index (κ3) is 6.88. The van der Waals surface area contributed by atoms with Gasteiger partial charge in [-0.1, -0.05) is 50.6 Å². The molecule has 0 amide bonds. The van der Waals surface area contributed by atoms with Gasteiger partial charge in [0.05, 0.1) is 11.8 Å². The van der Waals surface area contributed by atoms with E-state index < -0.39 is 0 Å². The number of allylic oxidation sites excluding steroid dienone is 4. The van der Waals surface area contributed by atoms with Gasteiger partial charge in [-0.05, 0) is 161 Å². The van der Waals surface area contributed by atoms with Crippen molar-refractivity contribution in [3.05, 3.63) is 65.8 Å². The average molecular weight is 613 g/mol. The molecular formula is C40H60N4O. The van der Waals surface area contributed by atoms with Gasteiger partial charge < -0.3 is 27.7 Å². The molecule has 2 aromatic rings. The van der Waals surface area contributed by atoms with Crippen molar-refractivity contribution in [2.45, 2.75) is 105 Å². The number of aryl methyl sites for hydroxylation is 1. The van der Waals surface area contributed by atoms with Crippen molar-refractivity contribution < 1.29 is 4.74 Å². The van der Waals surface area contributed by atoms with E-state index in [9.17, 15) is 0 Å². The van der Waals surface area contributed by atoms with Gasteiger partial charge in [0, 0.05) is 17.1 Å². The summed E-state index contributed by atoms with van der Waals surface area (Å²) in [6.45, 7) is 14.3. The van der Waals surface area contributed by atoms with Gasteiger partial charge in [0.15, 0.2) is 0 Å². The summed E-state index contributed by atoms with van der Waals surface area (Å²) < 4.78 is 6.43. The summed E-state index contributed by atoms with van der Waals surface area (Å²) in [6, 6.07) is 11.1. The lowest BCUT2D eigenvalue weighted by Gasteiger charge is -2.59. The Morgan fingerprint density at radius 3 is 2.20 bits per heavy atom. The van der Waals surface area contributed by atoms with Gasteiger partial charge >= 0.3 is 0 Å². The van der Waals surface area contributed by atoms with Crippen LogP contribution in [0.1, 0.15) is 98.0 Å². The molecule has 4 aliphatic rings. The quantitative estimate of drug-likeness (QED) is 0.192. The molecule has 9 unspecified atom stereocenters. The Morgan fingerprint density at radius 2 is 1.53 bits per heavy atom. The fourth-order valence-electron chi connectivity index (χ4n) is 10.0. The van der Waals surface area contributed by atoms with Crippen molar-refractivity contribution in [3.63, 3.8) is 0 Å². The average Bonchev–Trinajstić information content (AvgIpc) is 3.34. The Kier molecular flexibility index (Phi) is 9.87. The molecule has 8 N–H and O–H groups in total. The van der Waals surface area contributed by atoms with E-state index in [1.54, 1.807) is 6.07 Å². The van der Waals surface area contributed by atoms with Crippen LogP contribution < -0.4 is 27.7 Å². The lowest BCUT2D eigenvalue weighted by atomic mass is 9.46. The van der Waals surface area contributed by atoms with E-state index in [0.29, 0.717) is 28.1 Å². The highest BCUT2D eigenvalue weighted by Crippen LogP contribution is 2.67. The van der Waals surface area contributed by atoms with Crippen LogP contribution in [-0.2, 0) is 0 Å². The Morgan fingerprint density at radius 1 is 0.867 bits per heavy atom. The van der Waals surface area contributed by atoms with Crippen molar-refractivity contribution in [2.24, 2.45) is 46.3 Å². The van der Waals surface area contributed by atoms with E-state index in [1.165, 1.54) is 50.5 Å². The predicted octanol–water partition coefficient (Wildman–Crippen LogP) is 9.58. The molecule has 246 valence electrons. The Balaban J connectivity index is 0.000000383. The van der Waals surface area contributed by atoms with Gasteiger partial charge in [0.25, 0.3) is 0 Å². The maximum atomic E-state index is 6.43. The van der Waals surface area contributed by atoms with Crippen molar-refractivity contribution >= 4 is 22.7 Å². The Hall–Kier alpha value is -3.08. The van der Waals surface area contributed by atoms with Crippen LogP contribution in [0.25, 0.3) is 0 Å². The Labute approximate surface area is 273 Å². The fourth-order valence-corrected chi connectivity index (χ4v) is 10.0. The standard InChI is InChI=1S/C33H50N2O.C7H10N2/c1-21(2)7-6-8-22(3)27-12-13-28-26-11-9-23-19-25(36-31-14-10-24(34)20-30(31)35)15-17-32(23,4)29(26)16-18-33(27,28)5;1-5-2-3-6(8)4-7(5)9/h7,9-11,14,20,22-23,25-29H,6,8,12-13,15-19,34-35H2,1-5H3;2-4H,8-9H2,1H3. The minimum Gasteiger partial charge on any atom is -0.488 e. The minimum atomic E-state index is 0.238. The van der Waals surface area contributed by atoms with Crippen molar-refractivity contribution in [2.75, 3.05) is 22.9 Å². The molecule has 5 heteroatoms. The molecule has 2 aromatic carbocycles. The van der Waals surface area contributed by atoms with E-state index in [-0.39, 0.29) is 6.10 Å². The van der Waals surface area contributed by atoms with E-state index in [0.717, 1.165) is 65.1 Å². The molecular weight excluding hydrogens is 552 g/mol. The first-order valence-corrected chi connectivity index (χ1v) is 17.6. The molecule has 0 aliphatic heterocycles. The molecule has 0 saturated heterocycles. The zero-order valence-electron chi connectivity index (χ0n) is 28.8. The zero-order chi connectivity index (χ0) is 32.5. The minimum absolute atomic E-state index is 0.238. The van der Waals surface area contributed by atoms with Gasteiger partial charge in [-0.15, -0.1) is 0 Å². The normalized spacial score (nSPS) is 33.9. The topological polar surface area (TPSA) is 113 Å². The van der Waals surface area contributed by atoms with Crippen LogP contribution >= 0.6 is 0 Å². The molecule has 4 aliphatic carbocycles. The second kappa shape index (κ2) is 13.3. The zero-order valence-corrected chi connectivity index (χ0v) is 28.8. The summed E-state index contributed by atoms with van der Waals surface area (Å²) in [5.74, 6) is 5.58. The van der Waals surface area contributed by atoms with E-state index in [4.69, 9.17) is 27.7 Å². The van der Waals surface area contributed by atoms with Crippen LogP contribution in [-0.4, -0.2) is 6.10 Å². The fraction of sp³-hybridized carbons (Fsp3) is 0.600. The van der Waals surface area contributed by atoms with Gasteiger partial charge in [-0.2, -0.15) is 0 Å². The number of benzene rings is 2. The molecule has 3 fully saturated rings. The number of ether oxygens (including phenoxy) is 1. The van der Waals surface area contributed by atoms with Crippen LogP contribution in [0.5, 0.6) is 5.75 Å². The van der Waals surface area contributed by atoms with Gasteiger partial charge in [0.1, 0.15) is 5.75 Å². The first-order valence-electron chi connectivity index (χ1n) is 17.6. The lowest BCUT2D eigenvalue weighted by molar-refractivity contribution is -0.0781. The van der Waals surface area contributed by atoms with Gasteiger partial charge in [0.2, 0.25) is 0 Å². The maximum Gasteiger partial charge on any atom is 0.142 e. The SMILES string of the molecule is CC(C)=CCCC(C)C1CCC2C3C=CC4CC(Oc5ccc(N)cc5N)CCC4(C)C3CCC12C.Cc1ccc(N)cc1N. The van der Waals surface area contributed by atoms with E-state index in [1.807, 2.05) is 37.3 Å². The third-order valence-corrected chi connectivity index (χ3v) is 12.7. The maximum absolute atomic E-state index is 6.43. The first kappa shape index (κ1) is 33.3. The highest BCUT2D eigenvalue weighted by molar-refractivity contribution is 5.60. The molecule has 0 heterocycles. The van der Waals surface area contributed by atoms with Crippen molar-refractivity contribution in [1.82, 2.24) is 0 Å². The number of anilines is 4. The molecule has 9 atom stereocenters. The number of fused-ring (bicyclic) bond motifs is 5. The molecule has 3 saturated carbocycles. The van der Waals surface area contributed by atoms with Crippen LogP contribution in [0.2, 0.25) is 0 Å². The van der Waals surface area contributed by atoms with E-state index >= 15 is 0 Å². The largest absolute Gasteiger partial charge is 0.488 e. The van der Waals surface area contributed by atoms with Crippen LogP contribution in [0, 0.1) is 53.3 Å². The second-order valence-corrected chi connectivity index (χ2v) is 15.8. The van der Waals surface area contributed by atoms with Crippen molar-refractivity contribution in [3.8, 4) is 5.75 Å². The number of hydrogen-bond donors (Lipinski definition) is 4. The van der Waals surface area contributed by atoms with E-state index in [2.05, 4.69) is 52.8 Å². The van der Waals surface area contributed by atoms with Crippen molar-refractivity contribution in [1.29, 1.82) is 0 Å². The third-order valence-electron chi connectivity index (χ3n) is 12.7. The summed E-state index contributed by atoms with van der Waals surface area (Å²) in [6.07, 6.45) is 19.7. The molecule has 0 bridgehead atoms. The van der Waals surface area contributed by atoms with Gasteiger partial charge in [-0.3, -0.25) is 0 Å². The Bertz CT molecular complexity index is 1390. The molecule has 6 rings (SSSR count).